The highest BCUT2D eigenvalue weighted by Crippen LogP contribution is 2.43. The molecule has 4 rings (SSSR count). The molecule has 3 aromatic rings. The molecular formula is C33H42F3N3O5. The van der Waals surface area contributed by atoms with Crippen LogP contribution in [-0.4, -0.2) is 73.0 Å². The molecule has 0 bridgehead atoms. The number of hydrogen-bond donors (Lipinski definition) is 2. The number of para-hydroxylation sites is 1. The van der Waals surface area contributed by atoms with Gasteiger partial charge in [-0.2, -0.15) is 0 Å². The summed E-state index contributed by atoms with van der Waals surface area (Å²) in [5.74, 6) is -2.20. The van der Waals surface area contributed by atoms with E-state index in [9.17, 15) is 14.0 Å². The van der Waals surface area contributed by atoms with E-state index >= 15 is 8.78 Å². The normalized spacial score (nSPS) is 17.0. The first-order chi connectivity index (χ1) is 21.0. The molecule has 2 heterocycles. The van der Waals surface area contributed by atoms with E-state index in [2.05, 4.69) is 10.3 Å². The van der Waals surface area contributed by atoms with Gasteiger partial charge in [0.2, 0.25) is 5.91 Å². The minimum atomic E-state index is -1.59. The molecule has 0 radical (unpaired) electrons. The Hall–Kier alpha value is -3.57. The van der Waals surface area contributed by atoms with Gasteiger partial charge in [-0.15, -0.1) is 0 Å². The van der Waals surface area contributed by atoms with E-state index in [-0.39, 0.29) is 56.0 Å². The van der Waals surface area contributed by atoms with Gasteiger partial charge in [-0.3, -0.25) is 9.69 Å². The zero-order chi connectivity index (χ0) is 31.9. The molecule has 1 aliphatic heterocycles. The number of halogens is 3. The van der Waals surface area contributed by atoms with Crippen molar-refractivity contribution in [1.29, 1.82) is 0 Å². The van der Waals surface area contributed by atoms with Crippen molar-refractivity contribution in [2.75, 3.05) is 39.5 Å². The van der Waals surface area contributed by atoms with Gasteiger partial charge in [-0.1, -0.05) is 18.2 Å². The number of aromatic amines is 1. The van der Waals surface area contributed by atoms with Crippen molar-refractivity contribution in [2.45, 2.75) is 71.1 Å². The van der Waals surface area contributed by atoms with Gasteiger partial charge in [-0.05, 0) is 58.6 Å². The lowest BCUT2D eigenvalue weighted by Crippen LogP contribution is -2.48. The lowest BCUT2D eigenvalue weighted by molar-refractivity contribution is -0.148. The number of carbonyl (C=O) groups is 2. The van der Waals surface area contributed by atoms with Gasteiger partial charge in [0.05, 0.1) is 19.2 Å². The van der Waals surface area contributed by atoms with Gasteiger partial charge < -0.3 is 24.5 Å². The van der Waals surface area contributed by atoms with Crippen LogP contribution in [0.3, 0.4) is 0 Å². The van der Waals surface area contributed by atoms with Crippen molar-refractivity contribution >= 4 is 22.8 Å². The third kappa shape index (κ3) is 8.53. The number of amides is 1. The number of carbonyl (C=O) groups excluding carboxylic acids is 2. The molecule has 2 atom stereocenters. The van der Waals surface area contributed by atoms with Gasteiger partial charge in [0.1, 0.15) is 36.3 Å². The summed E-state index contributed by atoms with van der Waals surface area (Å²) in [6.07, 6.45) is 2.06. The smallest absolute Gasteiger partial charge is 0.332 e. The van der Waals surface area contributed by atoms with Crippen LogP contribution in [0, 0.1) is 11.6 Å². The third-order valence-electron chi connectivity index (χ3n) is 7.56. The Morgan fingerprint density at radius 3 is 2.55 bits per heavy atom. The summed E-state index contributed by atoms with van der Waals surface area (Å²) in [6, 6.07) is 8.96. The van der Waals surface area contributed by atoms with Crippen molar-refractivity contribution < 1.29 is 37.0 Å². The van der Waals surface area contributed by atoms with Crippen LogP contribution in [0.4, 0.5) is 13.2 Å². The van der Waals surface area contributed by atoms with Crippen LogP contribution in [0.2, 0.25) is 0 Å². The average Bonchev–Trinajstić information content (AvgIpc) is 3.31. The minimum Gasteiger partial charge on any atom is -0.492 e. The maximum absolute atomic E-state index is 15.8. The van der Waals surface area contributed by atoms with Crippen LogP contribution < -0.4 is 10.1 Å². The monoisotopic (exact) mass is 617 g/mol. The van der Waals surface area contributed by atoms with Crippen molar-refractivity contribution in [1.82, 2.24) is 15.2 Å². The Morgan fingerprint density at radius 1 is 1.11 bits per heavy atom. The molecule has 240 valence electrons. The Bertz CT molecular complexity index is 1410. The van der Waals surface area contributed by atoms with Crippen molar-refractivity contribution in [2.24, 2.45) is 0 Å². The molecule has 0 unspecified atom stereocenters. The molecule has 1 amide bonds. The largest absolute Gasteiger partial charge is 0.492 e. The predicted molar refractivity (Wildman–Crippen MR) is 161 cm³/mol. The topological polar surface area (TPSA) is 92.9 Å². The lowest BCUT2D eigenvalue weighted by atomic mass is 9.87. The second-order valence-corrected chi connectivity index (χ2v) is 11.7. The van der Waals surface area contributed by atoms with Crippen molar-refractivity contribution in [3.63, 3.8) is 0 Å². The van der Waals surface area contributed by atoms with Crippen LogP contribution in [0.5, 0.6) is 5.75 Å². The Labute approximate surface area is 256 Å². The highest BCUT2D eigenvalue weighted by atomic mass is 19.1. The summed E-state index contributed by atoms with van der Waals surface area (Å²) in [6.45, 7) is 7.28. The molecule has 11 heteroatoms. The summed E-state index contributed by atoms with van der Waals surface area (Å²) in [5.41, 5.74) is 0.744. The van der Waals surface area contributed by atoms with Crippen LogP contribution in [0.15, 0.2) is 36.4 Å². The fourth-order valence-electron chi connectivity index (χ4n) is 5.70. The lowest BCUT2D eigenvalue weighted by Gasteiger charge is -2.43. The molecule has 44 heavy (non-hydrogen) atoms. The molecule has 0 aliphatic carbocycles. The SMILES string of the molecule is CCOC(=O)COCCCCC(=O)NCCOc1cc(F)c([C@@H]2c3[nH]c4ccccc4c3C[C@@H](C)N2CC(C)(C)F)c(F)c1. The standard InChI is InChI=1S/C33H42F3N3O5/c1-5-43-29(41)19-42-14-9-8-12-28(40)37-13-15-44-22-17-25(34)30(26(35)18-22)32-31-24(23-10-6-7-11-27(23)38-31)16-21(2)39(32)20-33(3,4)36/h6-7,10-11,17-18,21,32,38H,5,8-9,12-16,19-20H2,1-4H3,(H,37,40)/t21-,32-/m1/s1. The number of hydrogen-bond acceptors (Lipinski definition) is 6. The van der Waals surface area contributed by atoms with Gasteiger partial charge in [0.25, 0.3) is 0 Å². The number of nitrogens with zero attached hydrogens (tertiary/aromatic N) is 1. The second-order valence-electron chi connectivity index (χ2n) is 11.7. The van der Waals surface area contributed by atoms with Gasteiger partial charge in [0, 0.05) is 59.9 Å². The summed E-state index contributed by atoms with van der Waals surface area (Å²) >= 11 is 0. The van der Waals surface area contributed by atoms with E-state index in [4.69, 9.17) is 14.2 Å². The Morgan fingerprint density at radius 2 is 1.84 bits per heavy atom. The molecule has 2 N–H and O–H groups in total. The van der Waals surface area contributed by atoms with E-state index in [1.54, 1.807) is 6.92 Å². The number of ether oxygens (including phenoxy) is 3. The molecular weight excluding hydrogens is 575 g/mol. The zero-order valence-corrected chi connectivity index (χ0v) is 25.8. The minimum absolute atomic E-state index is 0.00477. The average molecular weight is 618 g/mol. The molecule has 8 nitrogen and oxygen atoms in total. The number of unbranched alkanes of at least 4 members (excludes halogenated alkanes) is 1. The highest BCUT2D eigenvalue weighted by molar-refractivity contribution is 5.85. The zero-order valence-electron chi connectivity index (χ0n) is 25.8. The quantitative estimate of drug-likeness (QED) is 0.166. The van der Waals surface area contributed by atoms with E-state index in [0.717, 1.165) is 28.6 Å². The fraction of sp³-hybridized carbons (Fsp3) is 0.515. The first kappa shape index (κ1) is 33.3. The van der Waals surface area contributed by atoms with Gasteiger partial charge in [-0.25, -0.2) is 18.0 Å². The van der Waals surface area contributed by atoms with Crippen LogP contribution in [0.1, 0.15) is 69.8 Å². The van der Waals surface area contributed by atoms with Crippen LogP contribution >= 0.6 is 0 Å². The molecule has 0 fully saturated rings. The van der Waals surface area contributed by atoms with Crippen molar-refractivity contribution in [3.8, 4) is 5.75 Å². The van der Waals surface area contributed by atoms with E-state index in [1.165, 1.54) is 13.8 Å². The summed E-state index contributed by atoms with van der Waals surface area (Å²) in [5, 5.41) is 3.70. The Balaban J connectivity index is 1.37. The number of rotatable bonds is 15. The van der Waals surface area contributed by atoms with E-state index in [0.29, 0.717) is 38.2 Å². The first-order valence-corrected chi connectivity index (χ1v) is 15.1. The molecule has 2 aromatic carbocycles. The molecule has 0 spiro atoms. The van der Waals surface area contributed by atoms with Crippen LogP contribution in [-0.2, 0) is 25.5 Å². The molecule has 1 aliphatic rings. The fourth-order valence-corrected chi connectivity index (χ4v) is 5.70. The molecule has 0 saturated heterocycles. The molecule has 1 aromatic heterocycles. The number of nitrogens with one attached hydrogen (secondary N) is 2. The second kappa shape index (κ2) is 14.9. The highest BCUT2D eigenvalue weighted by Gasteiger charge is 2.41. The summed E-state index contributed by atoms with van der Waals surface area (Å²) in [7, 11) is 0. The first-order valence-electron chi connectivity index (χ1n) is 15.1. The van der Waals surface area contributed by atoms with Gasteiger partial charge >= 0.3 is 5.97 Å². The summed E-state index contributed by atoms with van der Waals surface area (Å²) < 4.78 is 62.0. The number of fused-ring (bicyclic) bond motifs is 3. The van der Waals surface area contributed by atoms with E-state index < -0.39 is 29.3 Å². The number of benzene rings is 2. The number of esters is 1. The summed E-state index contributed by atoms with van der Waals surface area (Å²) in [4.78, 5) is 28.5. The maximum Gasteiger partial charge on any atom is 0.332 e. The van der Waals surface area contributed by atoms with Crippen molar-refractivity contribution in [3.05, 3.63) is 64.9 Å². The molecule has 0 saturated carbocycles. The predicted octanol–water partition coefficient (Wildman–Crippen LogP) is 5.78. The maximum atomic E-state index is 15.8. The number of H-pyrrole nitrogens is 1. The van der Waals surface area contributed by atoms with Gasteiger partial charge in [0.15, 0.2) is 0 Å². The number of aromatic nitrogens is 1. The number of alkyl halides is 1. The van der Waals surface area contributed by atoms with Crippen LogP contribution in [0.25, 0.3) is 10.9 Å². The Kier molecular flexibility index (Phi) is 11.3. The van der Waals surface area contributed by atoms with E-state index in [1.807, 2.05) is 36.1 Å². The third-order valence-corrected chi connectivity index (χ3v) is 7.56.